The average molecular weight is 453 g/mol. The molecule has 0 radical (unpaired) electrons. The van der Waals surface area contributed by atoms with Crippen LogP contribution in [0.4, 0.5) is 0 Å². The fourth-order valence-electron chi connectivity index (χ4n) is 3.55. The van der Waals surface area contributed by atoms with Gasteiger partial charge in [0.25, 0.3) is 0 Å². The number of aromatic hydroxyl groups is 1. The Morgan fingerprint density at radius 1 is 0.875 bits per heavy atom. The smallest absolute Gasteiger partial charge is 0.306 e. The standard InChI is InChI=1S/C26H28O5S/c1-17(2)12-13-30-24-11-8-21(16-25(24)31-32(5,28)29)22-14-18(3)26(19(4)15-22)20-6-9-23(27)10-7-20/h6-12,14-16,27H,13H2,1-5H3. The van der Waals surface area contributed by atoms with E-state index in [1.54, 1.807) is 24.3 Å². The minimum Gasteiger partial charge on any atom is -0.508 e. The number of hydrogen-bond acceptors (Lipinski definition) is 5. The first-order chi connectivity index (χ1) is 15.0. The third-order valence-electron chi connectivity index (χ3n) is 4.94. The Morgan fingerprint density at radius 2 is 1.47 bits per heavy atom. The molecular formula is C26H28O5S. The Bertz CT molecular complexity index is 1230. The number of aryl methyl sites for hydroxylation is 2. The molecule has 0 aliphatic carbocycles. The maximum Gasteiger partial charge on any atom is 0.306 e. The fourth-order valence-corrected chi connectivity index (χ4v) is 4.00. The third kappa shape index (κ3) is 5.92. The molecule has 0 saturated carbocycles. The lowest BCUT2D eigenvalue weighted by Gasteiger charge is -2.15. The number of hydrogen-bond donors (Lipinski definition) is 1. The summed E-state index contributed by atoms with van der Waals surface area (Å²) in [5.41, 5.74) is 7.13. The van der Waals surface area contributed by atoms with Crippen molar-refractivity contribution in [3.05, 3.63) is 77.4 Å². The topological polar surface area (TPSA) is 72.8 Å². The molecule has 0 bridgehead atoms. The van der Waals surface area contributed by atoms with Crippen LogP contribution < -0.4 is 8.92 Å². The van der Waals surface area contributed by atoms with Crippen LogP contribution in [0, 0.1) is 13.8 Å². The Balaban J connectivity index is 2.02. The summed E-state index contributed by atoms with van der Waals surface area (Å²) in [7, 11) is -3.72. The van der Waals surface area contributed by atoms with E-state index in [0.717, 1.165) is 45.2 Å². The Kier molecular flexibility index (Phi) is 6.94. The van der Waals surface area contributed by atoms with E-state index in [1.165, 1.54) is 0 Å². The maximum atomic E-state index is 11.8. The second-order valence-corrected chi connectivity index (χ2v) is 9.65. The van der Waals surface area contributed by atoms with Crippen LogP contribution in [-0.2, 0) is 10.1 Å². The molecule has 32 heavy (non-hydrogen) atoms. The molecular weight excluding hydrogens is 424 g/mol. The van der Waals surface area contributed by atoms with Gasteiger partial charge in [0.1, 0.15) is 12.4 Å². The van der Waals surface area contributed by atoms with Gasteiger partial charge in [-0.2, -0.15) is 8.42 Å². The zero-order valence-corrected chi connectivity index (χ0v) is 19.8. The van der Waals surface area contributed by atoms with Crippen molar-refractivity contribution >= 4 is 10.1 Å². The van der Waals surface area contributed by atoms with E-state index in [-0.39, 0.29) is 11.5 Å². The second-order valence-electron chi connectivity index (χ2n) is 8.07. The van der Waals surface area contributed by atoms with E-state index >= 15 is 0 Å². The lowest BCUT2D eigenvalue weighted by Crippen LogP contribution is -2.08. The number of benzene rings is 3. The summed E-state index contributed by atoms with van der Waals surface area (Å²) in [6, 6.07) is 16.5. The Morgan fingerprint density at radius 3 is 2.03 bits per heavy atom. The minimum absolute atomic E-state index is 0.157. The van der Waals surface area contributed by atoms with Crippen molar-refractivity contribution in [1.29, 1.82) is 0 Å². The van der Waals surface area contributed by atoms with Crippen LogP contribution in [0.1, 0.15) is 25.0 Å². The highest BCUT2D eigenvalue weighted by Crippen LogP contribution is 2.37. The lowest BCUT2D eigenvalue weighted by atomic mass is 9.91. The molecule has 6 heteroatoms. The van der Waals surface area contributed by atoms with Crippen LogP contribution in [-0.4, -0.2) is 26.4 Å². The van der Waals surface area contributed by atoms with Gasteiger partial charge in [0, 0.05) is 0 Å². The van der Waals surface area contributed by atoms with Gasteiger partial charge in [-0.15, -0.1) is 0 Å². The molecule has 0 fully saturated rings. The molecule has 1 N–H and O–H groups in total. The van der Waals surface area contributed by atoms with Gasteiger partial charge in [0.15, 0.2) is 11.5 Å². The molecule has 0 saturated heterocycles. The fraction of sp³-hybridized carbons (Fsp3) is 0.231. The van der Waals surface area contributed by atoms with Crippen LogP contribution in [0.15, 0.2) is 66.2 Å². The molecule has 168 valence electrons. The molecule has 0 aliphatic heterocycles. The van der Waals surface area contributed by atoms with E-state index in [9.17, 15) is 13.5 Å². The molecule has 0 heterocycles. The largest absolute Gasteiger partial charge is 0.508 e. The predicted molar refractivity (Wildman–Crippen MR) is 129 cm³/mol. The number of ether oxygens (including phenoxy) is 1. The van der Waals surface area contributed by atoms with Gasteiger partial charge < -0.3 is 14.0 Å². The predicted octanol–water partition coefficient (Wildman–Crippen LogP) is 6.03. The maximum absolute atomic E-state index is 11.8. The molecule has 5 nitrogen and oxygen atoms in total. The van der Waals surface area contributed by atoms with Crippen molar-refractivity contribution in [2.24, 2.45) is 0 Å². The van der Waals surface area contributed by atoms with Gasteiger partial charge in [-0.3, -0.25) is 0 Å². The SMILES string of the molecule is CC(C)=CCOc1ccc(-c2cc(C)c(-c3ccc(O)cc3)c(C)c2)cc1OS(C)(=O)=O. The summed E-state index contributed by atoms with van der Waals surface area (Å²) in [5, 5.41) is 9.58. The van der Waals surface area contributed by atoms with Gasteiger partial charge in [-0.1, -0.05) is 35.9 Å². The highest BCUT2D eigenvalue weighted by atomic mass is 32.2. The Labute approximate surface area is 190 Å². The molecule has 3 rings (SSSR count). The van der Waals surface area contributed by atoms with Crippen molar-refractivity contribution in [2.75, 3.05) is 12.9 Å². The summed E-state index contributed by atoms with van der Waals surface area (Å²) in [5.74, 6) is 0.752. The monoisotopic (exact) mass is 452 g/mol. The lowest BCUT2D eigenvalue weighted by molar-refractivity contribution is 0.347. The van der Waals surface area contributed by atoms with Crippen molar-refractivity contribution in [3.8, 4) is 39.5 Å². The second kappa shape index (κ2) is 9.49. The first-order valence-electron chi connectivity index (χ1n) is 10.2. The quantitative estimate of drug-likeness (QED) is 0.350. The third-order valence-corrected chi connectivity index (χ3v) is 5.42. The first-order valence-corrected chi connectivity index (χ1v) is 12.1. The van der Waals surface area contributed by atoms with Crippen molar-refractivity contribution < 1.29 is 22.4 Å². The average Bonchev–Trinajstić information content (AvgIpc) is 2.68. The van der Waals surface area contributed by atoms with Crippen molar-refractivity contribution in [3.63, 3.8) is 0 Å². The van der Waals surface area contributed by atoms with Crippen LogP contribution in [0.3, 0.4) is 0 Å². The number of allylic oxidation sites excluding steroid dienone is 1. The van der Waals surface area contributed by atoms with E-state index in [1.807, 2.05) is 52.0 Å². The molecule has 3 aromatic rings. The Hall–Kier alpha value is -3.25. The molecule has 0 atom stereocenters. The molecule has 0 amide bonds. The molecule has 0 unspecified atom stereocenters. The zero-order valence-electron chi connectivity index (χ0n) is 19.0. The van der Waals surface area contributed by atoms with Gasteiger partial charge >= 0.3 is 10.1 Å². The highest BCUT2D eigenvalue weighted by molar-refractivity contribution is 7.86. The zero-order chi connectivity index (χ0) is 23.5. The van der Waals surface area contributed by atoms with E-state index in [4.69, 9.17) is 8.92 Å². The number of rotatable bonds is 7. The molecule has 0 aromatic heterocycles. The summed E-state index contributed by atoms with van der Waals surface area (Å²) < 4.78 is 34.6. The van der Waals surface area contributed by atoms with Crippen LogP contribution >= 0.6 is 0 Å². The first kappa shape index (κ1) is 23.4. The van der Waals surface area contributed by atoms with Gasteiger partial charge in [0.2, 0.25) is 0 Å². The van der Waals surface area contributed by atoms with Gasteiger partial charge in [-0.25, -0.2) is 0 Å². The summed E-state index contributed by atoms with van der Waals surface area (Å²) in [6.45, 7) is 8.31. The van der Waals surface area contributed by atoms with Crippen molar-refractivity contribution in [1.82, 2.24) is 0 Å². The van der Waals surface area contributed by atoms with Crippen LogP contribution in [0.5, 0.6) is 17.2 Å². The molecule has 0 spiro atoms. The van der Waals surface area contributed by atoms with E-state index in [0.29, 0.717) is 12.4 Å². The summed E-state index contributed by atoms with van der Waals surface area (Å²) in [6.07, 6.45) is 2.92. The van der Waals surface area contributed by atoms with Gasteiger partial charge in [-0.05, 0) is 91.4 Å². The van der Waals surface area contributed by atoms with Crippen LogP contribution in [0.2, 0.25) is 0 Å². The summed E-state index contributed by atoms with van der Waals surface area (Å²) >= 11 is 0. The number of phenols is 1. The normalized spacial score (nSPS) is 11.2. The summed E-state index contributed by atoms with van der Waals surface area (Å²) in [4.78, 5) is 0. The number of phenolic OH excluding ortho intramolecular Hbond substituents is 1. The van der Waals surface area contributed by atoms with E-state index < -0.39 is 10.1 Å². The van der Waals surface area contributed by atoms with Gasteiger partial charge in [0.05, 0.1) is 6.26 Å². The highest BCUT2D eigenvalue weighted by Gasteiger charge is 2.15. The molecule has 3 aromatic carbocycles. The van der Waals surface area contributed by atoms with Crippen LogP contribution in [0.25, 0.3) is 22.3 Å². The minimum atomic E-state index is -3.72. The van der Waals surface area contributed by atoms with Crippen molar-refractivity contribution in [2.45, 2.75) is 27.7 Å². The molecule has 0 aliphatic rings. The van der Waals surface area contributed by atoms with E-state index in [2.05, 4.69) is 12.1 Å².